The maximum absolute atomic E-state index is 12.6. The molecule has 2 aromatic rings. The Morgan fingerprint density at radius 2 is 1.39 bits per heavy atom. The van der Waals surface area contributed by atoms with E-state index in [1.54, 1.807) is 42.5 Å². The van der Waals surface area contributed by atoms with E-state index in [1.807, 2.05) is 18.2 Å². The third kappa shape index (κ3) is 2.83. The fraction of sp³-hybridized carbons (Fsp3) is 0.118. The zero-order chi connectivity index (χ0) is 16.4. The van der Waals surface area contributed by atoms with Gasteiger partial charge in [0.05, 0.1) is 12.2 Å². The van der Waals surface area contributed by atoms with E-state index in [2.05, 4.69) is 0 Å². The molecule has 1 saturated heterocycles. The predicted molar refractivity (Wildman–Crippen MR) is 86.0 cm³/mol. The summed E-state index contributed by atoms with van der Waals surface area (Å²) in [4.78, 5) is 39.1. The van der Waals surface area contributed by atoms with Crippen LogP contribution in [0.25, 0.3) is 0 Å². The SMILES string of the molecule is O=C1C(Cl)C(=O)N(c2ccccc2)C(=O)N1Cc1ccccc1. The number of imide groups is 2. The van der Waals surface area contributed by atoms with Gasteiger partial charge in [0.15, 0.2) is 5.38 Å². The number of rotatable bonds is 3. The number of anilines is 1. The molecule has 0 spiro atoms. The summed E-state index contributed by atoms with van der Waals surface area (Å²) < 4.78 is 0. The standard InChI is InChI=1S/C17H13ClN2O3/c18-14-15(21)19(11-12-7-3-1-4-8-12)17(23)20(16(14)22)13-9-5-2-6-10-13/h1-10,14H,11H2. The number of alkyl halides is 1. The average Bonchev–Trinajstić information content (AvgIpc) is 2.59. The van der Waals surface area contributed by atoms with Gasteiger partial charge in [0.1, 0.15) is 0 Å². The van der Waals surface area contributed by atoms with Crippen molar-refractivity contribution >= 4 is 35.1 Å². The van der Waals surface area contributed by atoms with Crippen molar-refractivity contribution in [1.29, 1.82) is 0 Å². The highest BCUT2D eigenvalue weighted by atomic mass is 35.5. The molecule has 1 fully saturated rings. The number of benzene rings is 2. The number of para-hydroxylation sites is 1. The number of halogens is 1. The predicted octanol–water partition coefficient (Wildman–Crippen LogP) is 2.79. The second-order valence-electron chi connectivity index (χ2n) is 5.06. The molecule has 6 heteroatoms. The van der Waals surface area contributed by atoms with E-state index < -0.39 is 23.2 Å². The van der Waals surface area contributed by atoms with Gasteiger partial charge in [0.2, 0.25) is 0 Å². The molecule has 2 aromatic carbocycles. The van der Waals surface area contributed by atoms with Crippen LogP contribution in [0.1, 0.15) is 5.56 Å². The molecule has 1 aliphatic rings. The lowest BCUT2D eigenvalue weighted by Crippen LogP contribution is -2.60. The highest BCUT2D eigenvalue weighted by Crippen LogP contribution is 2.25. The van der Waals surface area contributed by atoms with Gasteiger partial charge in [-0.2, -0.15) is 0 Å². The molecule has 0 saturated carbocycles. The summed E-state index contributed by atoms with van der Waals surface area (Å²) in [6.07, 6.45) is 0. The minimum atomic E-state index is -1.41. The lowest BCUT2D eigenvalue weighted by atomic mass is 10.1. The zero-order valence-corrected chi connectivity index (χ0v) is 12.8. The highest BCUT2D eigenvalue weighted by molar-refractivity contribution is 6.48. The fourth-order valence-corrected chi connectivity index (χ4v) is 2.61. The molecule has 116 valence electrons. The van der Waals surface area contributed by atoms with Gasteiger partial charge in [-0.05, 0) is 17.7 Å². The molecule has 3 rings (SSSR count). The van der Waals surface area contributed by atoms with Gasteiger partial charge in [-0.15, -0.1) is 11.6 Å². The van der Waals surface area contributed by atoms with E-state index in [4.69, 9.17) is 11.6 Å². The van der Waals surface area contributed by atoms with Gasteiger partial charge in [-0.25, -0.2) is 9.69 Å². The molecule has 0 aromatic heterocycles. The number of hydrogen-bond donors (Lipinski definition) is 0. The van der Waals surface area contributed by atoms with E-state index >= 15 is 0 Å². The summed E-state index contributed by atoms with van der Waals surface area (Å²) in [6.45, 7) is 0.0678. The Kier molecular flexibility index (Phi) is 4.12. The Morgan fingerprint density at radius 3 is 2.00 bits per heavy atom. The average molecular weight is 329 g/mol. The molecule has 1 atom stereocenters. The summed E-state index contributed by atoms with van der Waals surface area (Å²) in [5.41, 5.74) is 1.17. The summed E-state index contributed by atoms with van der Waals surface area (Å²) >= 11 is 5.95. The lowest BCUT2D eigenvalue weighted by molar-refractivity contribution is -0.134. The van der Waals surface area contributed by atoms with Crippen molar-refractivity contribution in [2.45, 2.75) is 11.9 Å². The number of urea groups is 1. The van der Waals surface area contributed by atoms with E-state index in [9.17, 15) is 14.4 Å². The van der Waals surface area contributed by atoms with E-state index in [1.165, 1.54) is 0 Å². The Hall–Kier alpha value is -2.66. The highest BCUT2D eigenvalue weighted by Gasteiger charge is 2.45. The summed E-state index contributed by atoms with van der Waals surface area (Å²) in [7, 11) is 0. The number of barbiturate groups is 1. The van der Waals surface area contributed by atoms with Crippen molar-refractivity contribution in [2.24, 2.45) is 0 Å². The molecule has 1 aliphatic heterocycles. The molecule has 4 amide bonds. The van der Waals surface area contributed by atoms with Crippen molar-refractivity contribution < 1.29 is 14.4 Å². The second-order valence-corrected chi connectivity index (χ2v) is 5.50. The van der Waals surface area contributed by atoms with Crippen LogP contribution >= 0.6 is 11.6 Å². The van der Waals surface area contributed by atoms with Gasteiger partial charge in [-0.3, -0.25) is 14.5 Å². The molecule has 0 bridgehead atoms. The zero-order valence-electron chi connectivity index (χ0n) is 12.1. The van der Waals surface area contributed by atoms with Crippen LogP contribution in [0.15, 0.2) is 60.7 Å². The van der Waals surface area contributed by atoms with Crippen LogP contribution in [-0.4, -0.2) is 28.1 Å². The van der Waals surface area contributed by atoms with E-state index in [0.29, 0.717) is 5.69 Å². The Bertz CT molecular complexity index is 749. The van der Waals surface area contributed by atoms with Crippen LogP contribution in [0.4, 0.5) is 10.5 Å². The molecule has 23 heavy (non-hydrogen) atoms. The van der Waals surface area contributed by atoms with Gasteiger partial charge in [0, 0.05) is 0 Å². The molecular formula is C17H13ClN2O3. The summed E-state index contributed by atoms with van der Waals surface area (Å²) in [5.74, 6) is -1.42. The van der Waals surface area contributed by atoms with Crippen LogP contribution in [-0.2, 0) is 16.1 Å². The first kappa shape index (κ1) is 15.2. The van der Waals surface area contributed by atoms with Gasteiger partial charge >= 0.3 is 6.03 Å². The largest absolute Gasteiger partial charge is 0.338 e. The third-order valence-electron chi connectivity index (χ3n) is 3.54. The fourth-order valence-electron chi connectivity index (χ4n) is 2.39. The second kappa shape index (κ2) is 6.22. The third-order valence-corrected chi connectivity index (χ3v) is 3.91. The minimum absolute atomic E-state index is 0.0678. The van der Waals surface area contributed by atoms with Gasteiger partial charge < -0.3 is 0 Å². The Labute approximate surface area is 138 Å². The summed E-state index contributed by atoms with van der Waals surface area (Å²) in [6, 6.07) is 16.8. The van der Waals surface area contributed by atoms with Crippen molar-refractivity contribution in [2.75, 3.05) is 4.90 Å². The molecule has 1 unspecified atom stereocenters. The van der Waals surface area contributed by atoms with Crippen molar-refractivity contribution in [3.8, 4) is 0 Å². The first-order valence-electron chi connectivity index (χ1n) is 7.02. The molecule has 1 heterocycles. The topological polar surface area (TPSA) is 57.7 Å². The van der Waals surface area contributed by atoms with Crippen molar-refractivity contribution in [1.82, 2.24) is 4.90 Å². The maximum atomic E-state index is 12.6. The first-order valence-corrected chi connectivity index (χ1v) is 7.45. The van der Waals surface area contributed by atoms with Crippen LogP contribution in [0.3, 0.4) is 0 Å². The molecule has 0 aliphatic carbocycles. The molecule has 5 nitrogen and oxygen atoms in total. The quantitative estimate of drug-likeness (QED) is 0.643. The number of carbonyl (C=O) groups excluding carboxylic acids is 3. The smallest absolute Gasteiger partial charge is 0.272 e. The normalized spacial score (nSPS) is 18.5. The van der Waals surface area contributed by atoms with E-state index in [0.717, 1.165) is 15.4 Å². The van der Waals surface area contributed by atoms with Crippen LogP contribution in [0.2, 0.25) is 0 Å². The van der Waals surface area contributed by atoms with Crippen LogP contribution in [0.5, 0.6) is 0 Å². The van der Waals surface area contributed by atoms with Crippen LogP contribution in [0, 0.1) is 0 Å². The maximum Gasteiger partial charge on any atom is 0.338 e. The first-order chi connectivity index (χ1) is 11.1. The van der Waals surface area contributed by atoms with E-state index in [-0.39, 0.29) is 6.54 Å². The summed E-state index contributed by atoms with van der Waals surface area (Å²) in [5, 5.41) is -1.41. The van der Waals surface area contributed by atoms with Gasteiger partial charge in [0.25, 0.3) is 11.8 Å². The Balaban J connectivity index is 1.95. The van der Waals surface area contributed by atoms with Gasteiger partial charge in [-0.1, -0.05) is 48.5 Å². The molecular weight excluding hydrogens is 316 g/mol. The Morgan fingerprint density at radius 1 is 0.826 bits per heavy atom. The minimum Gasteiger partial charge on any atom is -0.272 e. The molecule has 0 N–H and O–H groups in total. The van der Waals surface area contributed by atoms with Crippen molar-refractivity contribution in [3.05, 3.63) is 66.2 Å². The molecule has 0 radical (unpaired) electrons. The lowest BCUT2D eigenvalue weighted by Gasteiger charge is -2.34. The number of hydrogen-bond acceptors (Lipinski definition) is 3. The number of nitrogens with zero attached hydrogens (tertiary/aromatic N) is 2. The number of amides is 4. The monoisotopic (exact) mass is 328 g/mol. The van der Waals surface area contributed by atoms with Crippen LogP contribution < -0.4 is 4.90 Å². The number of carbonyl (C=O) groups is 3. The van der Waals surface area contributed by atoms with Crippen molar-refractivity contribution in [3.63, 3.8) is 0 Å².